The van der Waals surface area contributed by atoms with Crippen molar-refractivity contribution in [2.24, 2.45) is 0 Å². The summed E-state index contributed by atoms with van der Waals surface area (Å²) >= 11 is 2.93. The summed E-state index contributed by atoms with van der Waals surface area (Å²) in [6.45, 7) is 0. The van der Waals surface area contributed by atoms with Gasteiger partial charge in [-0.3, -0.25) is 4.79 Å². The van der Waals surface area contributed by atoms with Crippen molar-refractivity contribution in [3.63, 3.8) is 0 Å². The number of hydrogen-bond acceptors (Lipinski definition) is 1. The Labute approximate surface area is 115 Å². The second-order valence-electron chi connectivity index (χ2n) is 3.65. The van der Waals surface area contributed by atoms with E-state index >= 15 is 0 Å². The van der Waals surface area contributed by atoms with Gasteiger partial charge in [-0.1, -0.05) is 12.1 Å². The smallest absolute Gasteiger partial charge is 0.258 e. The molecule has 0 saturated heterocycles. The van der Waals surface area contributed by atoms with Crippen LogP contribution in [0.5, 0.6) is 0 Å². The largest absolute Gasteiger partial charge is 0.317 e. The minimum Gasteiger partial charge on any atom is -0.317 e. The molecule has 0 aliphatic carbocycles. The Bertz CT molecular complexity index is 626. The highest BCUT2D eigenvalue weighted by Crippen LogP contribution is 2.22. The molecule has 2 nitrogen and oxygen atoms in total. The van der Waals surface area contributed by atoms with Gasteiger partial charge in [0, 0.05) is 0 Å². The quantitative estimate of drug-likeness (QED) is 0.882. The standard InChI is InChI=1S/C13H7BrF3NO/c14-8-4-1-3-7(11(8)17)13(19)18-12-9(15)5-2-6-10(12)16/h1-6H,(H,18,19). The number of benzene rings is 2. The van der Waals surface area contributed by atoms with Crippen molar-refractivity contribution in [1.29, 1.82) is 0 Å². The number of amides is 1. The van der Waals surface area contributed by atoms with Crippen molar-refractivity contribution in [2.75, 3.05) is 5.32 Å². The summed E-state index contributed by atoms with van der Waals surface area (Å²) < 4.78 is 40.4. The van der Waals surface area contributed by atoms with E-state index in [2.05, 4.69) is 15.9 Å². The van der Waals surface area contributed by atoms with Crippen LogP contribution >= 0.6 is 15.9 Å². The summed E-state index contributed by atoms with van der Waals surface area (Å²) in [6.07, 6.45) is 0. The van der Waals surface area contributed by atoms with Gasteiger partial charge in [-0.25, -0.2) is 13.2 Å². The number of rotatable bonds is 2. The van der Waals surface area contributed by atoms with E-state index in [0.29, 0.717) is 0 Å². The van der Waals surface area contributed by atoms with Gasteiger partial charge >= 0.3 is 0 Å². The predicted octanol–water partition coefficient (Wildman–Crippen LogP) is 4.12. The fraction of sp³-hybridized carbons (Fsp3) is 0. The van der Waals surface area contributed by atoms with Crippen LogP contribution in [0, 0.1) is 17.5 Å². The zero-order valence-corrected chi connectivity index (χ0v) is 11.0. The number of anilines is 1. The Hall–Kier alpha value is -1.82. The molecular weight excluding hydrogens is 323 g/mol. The van der Waals surface area contributed by atoms with Crippen molar-refractivity contribution in [1.82, 2.24) is 0 Å². The Morgan fingerprint density at radius 2 is 1.58 bits per heavy atom. The van der Waals surface area contributed by atoms with E-state index in [1.54, 1.807) is 0 Å². The van der Waals surface area contributed by atoms with Crippen LogP contribution in [0.4, 0.5) is 18.9 Å². The van der Waals surface area contributed by atoms with Gasteiger partial charge in [0.25, 0.3) is 5.91 Å². The summed E-state index contributed by atoms with van der Waals surface area (Å²) in [4.78, 5) is 11.8. The van der Waals surface area contributed by atoms with Crippen LogP contribution in [-0.2, 0) is 0 Å². The lowest BCUT2D eigenvalue weighted by molar-refractivity contribution is 0.102. The van der Waals surface area contributed by atoms with Gasteiger partial charge in [0.1, 0.15) is 23.1 Å². The molecule has 0 heterocycles. The zero-order valence-electron chi connectivity index (χ0n) is 9.38. The molecule has 2 aromatic rings. The van der Waals surface area contributed by atoms with Crippen molar-refractivity contribution in [3.8, 4) is 0 Å². The van der Waals surface area contributed by atoms with Gasteiger partial charge in [0.05, 0.1) is 10.0 Å². The van der Waals surface area contributed by atoms with Crippen molar-refractivity contribution < 1.29 is 18.0 Å². The van der Waals surface area contributed by atoms with Gasteiger partial charge in [0.15, 0.2) is 0 Å². The number of nitrogens with one attached hydrogen (secondary N) is 1. The van der Waals surface area contributed by atoms with E-state index < -0.39 is 29.0 Å². The first-order valence-electron chi connectivity index (χ1n) is 5.20. The Balaban J connectivity index is 2.34. The first kappa shape index (κ1) is 13.6. The monoisotopic (exact) mass is 329 g/mol. The minimum atomic E-state index is -0.928. The lowest BCUT2D eigenvalue weighted by atomic mass is 10.2. The molecule has 0 saturated carbocycles. The van der Waals surface area contributed by atoms with Crippen LogP contribution in [0.2, 0.25) is 0 Å². The molecule has 2 aromatic carbocycles. The molecule has 1 N–H and O–H groups in total. The average Bonchev–Trinajstić information content (AvgIpc) is 2.37. The summed E-state index contributed by atoms with van der Waals surface area (Å²) in [5, 5.41) is 2.01. The molecule has 0 spiro atoms. The van der Waals surface area contributed by atoms with Crippen molar-refractivity contribution in [3.05, 3.63) is 63.9 Å². The van der Waals surface area contributed by atoms with E-state index in [1.807, 2.05) is 5.32 Å². The number of carbonyl (C=O) groups excluding carboxylic acids is 1. The van der Waals surface area contributed by atoms with Gasteiger partial charge in [0.2, 0.25) is 0 Å². The molecule has 0 radical (unpaired) electrons. The third-order valence-electron chi connectivity index (χ3n) is 2.40. The first-order valence-corrected chi connectivity index (χ1v) is 5.99. The zero-order chi connectivity index (χ0) is 14.0. The van der Waals surface area contributed by atoms with Gasteiger partial charge in [-0.15, -0.1) is 0 Å². The Morgan fingerprint density at radius 3 is 2.21 bits per heavy atom. The molecular formula is C13H7BrF3NO. The highest BCUT2D eigenvalue weighted by atomic mass is 79.9. The molecule has 0 aliphatic rings. The molecule has 98 valence electrons. The molecule has 6 heteroatoms. The molecule has 0 unspecified atom stereocenters. The minimum absolute atomic E-state index is 0.0918. The molecule has 0 aliphatic heterocycles. The highest BCUT2D eigenvalue weighted by molar-refractivity contribution is 9.10. The molecule has 19 heavy (non-hydrogen) atoms. The van der Waals surface area contributed by atoms with Crippen LogP contribution in [0.15, 0.2) is 40.9 Å². The van der Waals surface area contributed by atoms with E-state index in [0.717, 1.165) is 12.1 Å². The van der Waals surface area contributed by atoms with Gasteiger partial charge in [-0.05, 0) is 40.2 Å². The summed E-state index contributed by atoms with van der Waals surface area (Å²) in [6, 6.07) is 7.23. The van der Waals surface area contributed by atoms with E-state index in [4.69, 9.17) is 0 Å². The van der Waals surface area contributed by atoms with E-state index in [9.17, 15) is 18.0 Å². The summed E-state index contributed by atoms with van der Waals surface area (Å²) in [5.41, 5.74) is -0.913. The number of hydrogen-bond donors (Lipinski definition) is 1. The third kappa shape index (κ3) is 2.78. The van der Waals surface area contributed by atoms with Crippen LogP contribution in [0.25, 0.3) is 0 Å². The van der Waals surface area contributed by atoms with Crippen LogP contribution < -0.4 is 5.32 Å². The fourth-order valence-corrected chi connectivity index (χ4v) is 1.84. The van der Waals surface area contributed by atoms with Crippen molar-refractivity contribution >= 4 is 27.5 Å². The fourth-order valence-electron chi connectivity index (χ4n) is 1.48. The predicted molar refractivity (Wildman–Crippen MR) is 68.4 cm³/mol. The lowest BCUT2D eigenvalue weighted by Gasteiger charge is -2.08. The summed E-state index contributed by atoms with van der Waals surface area (Å²) in [5.74, 6) is -3.58. The molecule has 1 amide bonds. The molecule has 0 fully saturated rings. The highest BCUT2D eigenvalue weighted by Gasteiger charge is 2.17. The molecule has 2 rings (SSSR count). The maximum atomic E-state index is 13.7. The van der Waals surface area contributed by atoms with Crippen LogP contribution in [0.3, 0.4) is 0 Å². The maximum absolute atomic E-state index is 13.7. The number of carbonyl (C=O) groups is 1. The normalized spacial score (nSPS) is 10.3. The molecule has 0 atom stereocenters. The topological polar surface area (TPSA) is 29.1 Å². The Morgan fingerprint density at radius 1 is 1.00 bits per heavy atom. The van der Waals surface area contributed by atoms with Gasteiger partial charge < -0.3 is 5.32 Å². The SMILES string of the molecule is O=C(Nc1c(F)cccc1F)c1cccc(Br)c1F. The second kappa shape index (κ2) is 5.44. The average molecular weight is 330 g/mol. The lowest BCUT2D eigenvalue weighted by Crippen LogP contribution is -2.16. The van der Waals surface area contributed by atoms with Crippen LogP contribution in [0.1, 0.15) is 10.4 Å². The maximum Gasteiger partial charge on any atom is 0.258 e. The van der Waals surface area contributed by atoms with Gasteiger partial charge in [-0.2, -0.15) is 0 Å². The van der Waals surface area contributed by atoms with E-state index in [-0.39, 0.29) is 10.0 Å². The number of para-hydroxylation sites is 1. The molecule has 0 bridgehead atoms. The molecule has 0 aromatic heterocycles. The van der Waals surface area contributed by atoms with Crippen molar-refractivity contribution in [2.45, 2.75) is 0 Å². The van der Waals surface area contributed by atoms with E-state index in [1.165, 1.54) is 24.3 Å². The first-order chi connectivity index (χ1) is 9.00. The Kier molecular flexibility index (Phi) is 3.90. The second-order valence-corrected chi connectivity index (χ2v) is 4.51. The third-order valence-corrected chi connectivity index (χ3v) is 3.01. The van der Waals surface area contributed by atoms with Crippen LogP contribution in [-0.4, -0.2) is 5.91 Å². The summed E-state index contributed by atoms with van der Waals surface area (Å²) in [7, 11) is 0. The number of halogens is 4.